The molecular formula is C15H39NO3Si3. The molecule has 4 nitrogen and oxygen atoms in total. The number of nitrogens with zero attached hydrogens (tertiary/aromatic N) is 1. The summed E-state index contributed by atoms with van der Waals surface area (Å²) < 4.78 is 19.9. The number of hydrogen-bond donors (Lipinski definition) is 0. The Morgan fingerprint density at radius 2 is 1.32 bits per heavy atom. The first-order valence-electron chi connectivity index (χ1n) is 8.48. The van der Waals surface area contributed by atoms with Crippen molar-refractivity contribution in [2.45, 2.75) is 64.7 Å². The van der Waals surface area contributed by atoms with Crippen molar-refractivity contribution in [2.75, 3.05) is 34.0 Å². The zero-order valence-electron chi connectivity index (χ0n) is 16.4. The summed E-state index contributed by atoms with van der Waals surface area (Å²) in [4.78, 5) is 0. The van der Waals surface area contributed by atoms with E-state index in [2.05, 4.69) is 50.4 Å². The van der Waals surface area contributed by atoms with Crippen LogP contribution in [0.25, 0.3) is 0 Å². The van der Waals surface area contributed by atoms with Crippen molar-refractivity contribution < 1.29 is 13.6 Å². The van der Waals surface area contributed by atoms with Crippen LogP contribution in [0.3, 0.4) is 0 Å². The fourth-order valence-corrected chi connectivity index (χ4v) is 14.9. The van der Waals surface area contributed by atoms with E-state index in [-0.39, 0.29) is 0 Å². The second-order valence-electron chi connectivity index (χ2n) is 7.88. The summed E-state index contributed by atoms with van der Waals surface area (Å²) in [6.07, 6.45) is 1.03. The highest BCUT2D eigenvalue weighted by atomic mass is 28.4. The zero-order valence-corrected chi connectivity index (χ0v) is 19.4. The van der Waals surface area contributed by atoms with Gasteiger partial charge in [-0.15, -0.1) is 0 Å². The van der Waals surface area contributed by atoms with Gasteiger partial charge in [-0.05, 0) is 18.5 Å². The van der Waals surface area contributed by atoms with Gasteiger partial charge in [0.05, 0.1) is 6.61 Å². The average Bonchev–Trinajstić information content (AvgIpc) is 2.40. The van der Waals surface area contributed by atoms with Crippen molar-refractivity contribution in [1.29, 1.82) is 0 Å². The van der Waals surface area contributed by atoms with Gasteiger partial charge < -0.3 is 17.8 Å². The number of ether oxygens (including phenoxy) is 1. The predicted octanol–water partition coefficient (Wildman–Crippen LogP) is 4.12. The third-order valence-electron chi connectivity index (χ3n) is 4.21. The molecule has 0 atom stereocenters. The second-order valence-corrected chi connectivity index (χ2v) is 21.9. The van der Waals surface area contributed by atoms with Crippen LogP contribution in [-0.4, -0.2) is 63.2 Å². The molecule has 0 heterocycles. The summed E-state index contributed by atoms with van der Waals surface area (Å²) in [6, 6.07) is 2.02. The molecule has 134 valence electrons. The van der Waals surface area contributed by atoms with Crippen LogP contribution in [0.1, 0.15) is 13.3 Å². The molecule has 0 aromatic heterocycles. The Bertz CT molecular complexity index is 277. The Balaban J connectivity index is 4.12. The number of hydrogen-bond acceptors (Lipinski definition) is 4. The van der Waals surface area contributed by atoms with E-state index in [4.69, 9.17) is 13.6 Å². The molecular weight excluding hydrogens is 326 g/mol. The van der Waals surface area contributed by atoms with E-state index in [1.54, 1.807) is 14.2 Å². The van der Waals surface area contributed by atoms with Gasteiger partial charge in [-0.3, -0.25) is 0 Å². The van der Waals surface area contributed by atoms with Crippen LogP contribution in [0.4, 0.5) is 0 Å². The molecule has 0 aromatic carbocycles. The molecule has 0 aliphatic heterocycles. The van der Waals surface area contributed by atoms with Crippen molar-refractivity contribution in [3.63, 3.8) is 0 Å². The summed E-state index contributed by atoms with van der Waals surface area (Å²) in [5.41, 5.74) is 0. The van der Waals surface area contributed by atoms with E-state index in [1.807, 2.05) is 0 Å². The fraction of sp³-hybridized carbons (Fsp3) is 1.00. The molecule has 0 N–H and O–H groups in total. The Morgan fingerprint density at radius 3 is 1.68 bits per heavy atom. The summed E-state index contributed by atoms with van der Waals surface area (Å²) in [7, 11) is -0.892. The van der Waals surface area contributed by atoms with Crippen LogP contribution >= 0.6 is 0 Å². The van der Waals surface area contributed by atoms with Gasteiger partial charge in [0.1, 0.15) is 16.5 Å². The molecule has 0 aliphatic carbocycles. The van der Waals surface area contributed by atoms with Crippen molar-refractivity contribution in [1.82, 2.24) is 4.23 Å². The maximum atomic E-state index is 5.90. The first-order chi connectivity index (χ1) is 10.0. The molecule has 0 bridgehead atoms. The topological polar surface area (TPSA) is 30.9 Å². The van der Waals surface area contributed by atoms with Gasteiger partial charge in [-0.2, -0.15) is 0 Å². The van der Waals surface area contributed by atoms with Crippen LogP contribution in [0, 0.1) is 0 Å². The normalized spacial score (nSPS) is 13.9. The van der Waals surface area contributed by atoms with Gasteiger partial charge in [0.15, 0.2) is 0 Å². The monoisotopic (exact) mass is 365 g/mol. The van der Waals surface area contributed by atoms with Gasteiger partial charge in [0.2, 0.25) is 0 Å². The highest BCUT2D eigenvalue weighted by molar-refractivity contribution is 6.89. The van der Waals surface area contributed by atoms with E-state index in [9.17, 15) is 0 Å². The van der Waals surface area contributed by atoms with E-state index < -0.39 is 25.0 Å². The van der Waals surface area contributed by atoms with E-state index in [0.717, 1.165) is 38.3 Å². The summed E-state index contributed by atoms with van der Waals surface area (Å²) in [5.74, 6) is 0. The molecule has 0 aromatic rings. The Kier molecular flexibility index (Phi) is 9.92. The highest BCUT2D eigenvalue weighted by Gasteiger charge is 2.34. The molecule has 0 spiro atoms. The highest BCUT2D eigenvalue weighted by Crippen LogP contribution is 2.20. The number of rotatable bonds is 12. The lowest BCUT2D eigenvalue weighted by atomic mass is 10.5. The van der Waals surface area contributed by atoms with E-state index >= 15 is 0 Å². The molecule has 0 aliphatic rings. The molecule has 0 fully saturated rings. The quantitative estimate of drug-likeness (QED) is 0.384. The van der Waals surface area contributed by atoms with Crippen LogP contribution in [0.15, 0.2) is 0 Å². The SMILES string of the molecule is CC[Si](CCCOCCN([Si](C)(C)C)[Si](C)(C)C)(OC)OC. The molecule has 7 heteroatoms. The summed E-state index contributed by atoms with van der Waals surface area (Å²) in [5, 5.41) is 0. The van der Waals surface area contributed by atoms with Gasteiger partial charge in [-0.1, -0.05) is 46.2 Å². The molecule has 0 rings (SSSR count). The first kappa shape index (κ1) is 22.5. The van der Waals surface area contributed by atoms with Crippen molar-refractivity contribution in [3.8, 4) is 0 Å². The standard InChI is InChI=1S/C15H39NO3Si3/c1-10-22(17-2,18-3)15-11-13-19-14-12-16(20(4,5)6)21(7,8)9/h10-15H2,1-9H3. The van der Waals surface area contributed by atoms with Crippen LogP contribution < -0.4 is 0 Å². The van der Waals surface area contributed by atoms with Crippen molar-refractivity contribution in [2.24, 2.45) is 0 Å². The van der Waals surface area contributed by atoms with Gasteiger partial charge >= 0.3 is 8.56 Å². The molecule has 0 radical (unpaired) electrons. The lowest BCUT2D eigenvalue weighted by molar-refractivity contribution is 0.127. The fourth-order valence-electron chi connectivity index (χ4n) is 3.13. The lowest BCUT2D eigenvalue weighted by Crippen LogP contribution is -2.59. The Morgan fingerprint density at radius 1 is 0.818 bits per heavy atom. The second kappa shape index (κ2) is 9.71. The molecule has 22 heavy (non-hydrogen) atoms. The minimum atomic E-state index is -1.94. The first-order valence-corrected chi connectivity index (χ1v) is 17.6. The molecule has 0 amide bonds. The van der Waals surface area contributed by atoms with Gasteiger partial charge in [0, 0.05) is 27.4 Å². The summed E-state index contributed by atoms with van der Waals surface area (Å²) >= 11 is 0. The third-order valence-corrected chi connectivity index (χ3v) is 15.6. The largest absolute Gasteiger partial charge is 0.398 e. The minimum absolute atomic E-state index is 0.812. The maximum Gasteiger partial charge on any atom is 0.337 e. The maximum absolute atomic E-state index is 5.90. The van der Waals surface area contributed by atoms with Gasteiger partial charge in [0.25, 0.3) is 0 Å². The van der Waals surface area contributed by atoms with Crippen LogP contribution in [0.2, 0.25) is 51.4 Å². The Labute approximate surface area is 141 Å². The Hall–Kier alpha value is 0.491. The average molecular weight is 366 g/mol. The predicted molar refractivity (Wildman–Crippen MR) is 104 cm³/mol. The molecule has 0 unspecified atom stereocenters. The van der Waals surface area contributed by atoms with Crippen LogP contribution in [-0.2, 0) is 13.6 Å². The zero-order chi connectivity index (χ0) is 17.4. The minimum Gasteiger partial charge on any atom is -0.398 e. The van der Waals surface area contributed by atoms with Crippen molar-refractivity contribution >= 4 is 25.0 Å². The lowest BCUT2D eigenvalue weighted by Gasteiger charge is -2.43. The van der Waals surface area contributed by atoms with E-state index in [1.165, 1.54) is 0 Å². The van der Waals surface area contributed by atoms with Crippen molar-refractivity contribution in [3.05, 3.63) is 0 Å². The van der Waals surface area contributed by atoms with Gasteiger partial charge in [-0.25, -0.2) is 0 Å². The van der Waals surface area contributed by atoms with Crippen LogP contribution in [0.5, 0.6) is 0 Å². The third kappa shape index (κ3) is 7.85. The summed E-state index contributed by atoms with van der Waals surface area (Å²) in [6.45, 7) is 19.5. The smallest absolute Gasteiger partial charge is 0.337 e. The molecule has 0 saturated heterocycles. The van der Waals surface area contributed by atoms with E-state index in [0.29, 0.717) is 0 Å². The molecule has 0 saturated carbocycles.